The number of sulfonamides is 1. The third kappa shape index (κ3) is 3.71. The summed E-state index contributed by atoms with van der Waals surface area (Å²) in [5, 5.41) is 0.849. The van der Waals surface area contributed by atoms with Gasteiger partial charge in [0.15, 0.2) is 0 Å². The summed E-state index contributed by atoms with van der Waals surface area (Å²) in [6, 6.07) is 11.6. The quantitative estimate of drug-likeness (QED) is 0.676. The predicted octanol–water partition coefficient (Wildman–Crippen LogP) is 3.67. The Morgan fingerprint density at radius 2 is 1.83 bits per heavy atom. The largest absolute Gasteiger partial charge is 0.449 e. The van der Waals surface area contributed by atoms with Crippen LogP contribution in [0.3, 0.4) is 0 Å². The molecule has 1 aliphatic heterocycles. The molecule has 152 valence electrons. The number of hydrogen-bond donors (Lipinski definition) is 1. The molecular formula is C20H19ClN2O5S. The van der Waals surface area contributed by atoms with Gasteiger partial charge in [0.25, 0.3) is 15.9 Å². The number of para-hydroxylation sites is 1. The van der Waals surface area contributed by atoms with Crippen molar-refractivity contribution in [1.29, 1.82) is 0 Å². The third-order valence-corrected chi connectivity index (χ3v) is 6.74. The summed E-state index contributed by atoms with van der Waals surface area (Å²) in [4.78, 5) is 14.7. The molecule has 1 saturated heterocycles. The van der Waals surface area contributed by atoms with Crippen molar-refractivity contribution in [2.75, 3.05) is 31.0 Å². The Hall–Kier alpha value is -2.55. The highest BCUT2D eigenvalue weighted by Gasteiger charge is 2.29. The van der Waals surface area contributed by atoms with E-state index in [1.165, 1.54) is 6.07 Å². The number of rotatable bonds is 4. The molecule has 0 saturated carbocycles. The highest BCUT2D eigenvalue weighted by molar-refractivity contribution is 7.92. The lowest BCUT2D eigenvalue weighted by molar-refractivity contribution is 0.0285. The van der Waals surface area contributed by atoms with Crippen LogP contribution in [0.5, 0.6) is 0 Å². The maximum absolute atomic E-state index is 13.1. The minimum Gasteiger partial charge on any atom is -0.449 e. The van der Waals surface area contributed by atoms with E-state index < -0.39 is 10.0 Å². The van der Waals surface area contributed by atoms with E-state index >= 15 is 0 Å². The van der Waals surface area contributed by atoms with E-state index in [-0.39, 0.29) is 22.3 Å². The van der Waals surface area contributed by atoms with Gasteiger partial charge < -0.3 is 14.1 Å². The van der Waals surface area contributed by atoms with E-state index in [9.17, 15) is 13.2 Å². The second-order valence-corrected chi connectivity index (χ2v) is 8.73. The van der Waals surface area contributed by atoms with Crippen LogP contribution in [0.1, 0.15) is 16.1 Å². The minimum absolute atomic E-state index is 0.0417. The van der Waals surface area contributed by atoms with Gasteiger partial charge in [-0.2, -0.15) is 0 Å². The van der Waals surface area contributed by atoms with Gasteiger partial charge >= 0.3 is 0 Å². The van der Waals surface area contributed by atoms with Crippen molar-refractivity contribution in [2.24, 2.45) is 0 Å². The zero-order valence-corrected chi connectivity index (χ0v) is 17.2. The molecule has 2 aromatic carbocycles. The molecule has 1 amide bonds. The summed E-state index contributed by atoms with van der Waals surface area (Å²) in [6.45, 7) is 3.30. The number of carbonyl (C=O) groups excluding carboxylic acids is 1. The molecule has 0 aliphatic carbocycles. The van der Waals surface area contributed by atoms with Crippen molar-refractivity contribution in [1.82, 2.24) is 4.90 Å². The number of ether oxygens (including phenoxy) is 1. The molecule has 0 bridgehead atoms. The first-order valence-electron chi connectivity index (χ1n) is 9.05. The Morgan fingerprint density at radius 3 is 2.59 bits per heavy atom. The molecule has 1 aliphatic rings. The number of halogens is 1. The number of morpholine rings is 1. The van der Waals surface area contributed by atoms with Crippen LogP contribution in [0.25, 0.3) is 11.0 Å². The number of hydrogen-bond acceptors (Lipinski definition) is 5. The Morgan fingerprint density at radius 1 is 1.10 bits per heavy atom. The summed E-state index contributed by atoms with van der Waals surface area (Å²) in [5.41, 5.74) is 0.969. The summed E-state index contributed by atoms with van der Waals surface area (Å²) >= 11 is 6.10. The van der Waals surface area contributed by atoms with Crippen LogP contribution in [0, 0.1) is 6.92 Å². The Kier molecular flexibility index (Phi) is 5.24. The van der Waals surface area contributed by atoms with E-state index in [2.05, 4.69) is 4.72 Å². The van der Waals surface area contributed by atoms with Crippen LogP contribution in [-0.2, 0) is 14.8 Å². The molecule has 0 spiro atoms. The van der Waals surface area contributed by atoms with Gasteiger partial charge in [-0.15, -0.1) is 0 Å². The number of nitrogens with one attached hydrogen (secondary N) is 1. The third-order valence-electron chi connectivity index (χ3n) is 4.83. The average Bonchev–Trinajstić information content (AvgIpc) is 3.08. The predicted molar refractivity (Wildman–Crippen MR) is 110 cm³/mol. The molecule has 1 N–H and O–H groups in total. The Bertz CT molecular complexity index is 1180. The van der Waals surface area contributed by atoms with Crippen molar-refractivity contribution < 1.29 is 22.4 Å². The number of benzene rings is 2. The summed E-state index contributed by atoms with van der Waals surface area (Å²) in [6.07, 6.45) is 0. The van der Waals surface area contributed by atoms with Gasteiger partial charge in [0.05, 0.1) is 18.1 Å². The number of fused-ring (bicyclic) bond motifs is 1. The maximum Gasteiger partial charge on any atom is 0.291 e. The molecule has 29 heavy (non-hydrogen) atoms. The van der Waals surface area contributed by atoms with Gasteiger partial charge in [0.1, 0.15) is 11.3 Å². The molecule has 1 fully saturated rings. The normalized spacial score (nSPS) is 14.9. The number of carbonyl (C=O) groups is 1. The van der Waals surface area contributed by atoms with Crippen LogP contribution in [0.15, 0.2) is 51.8 Å². The van der Waals surface area contributed by atoms with Gasteiger partial charge in [-0.3, -0.25) is 9.52 Å². The van der Waals surface area contributed by atoms with E-state index in [1.807, 2.05) is 0 Å². The zero-order valence-electron chi connectivity index (χ0n) is 15.6. The van der Waals surface area contributed by atoms with E-state index in [4.69, 9.17) is 20.8 Å². The van der Waals surface area contributed by atoms with Crippen LogP contribution in [0.4, 0.5) is 5.69 Å². The van der Waals surface area contributed by atoms with Crippen LogP contribution in [-0.4, -0.2) is 45.5 Å². The van der Waals surface area contributed by atoms with Crippen LogP contribution < -0.4 is 4.72 Å². The van der Waals surface area contributed by atoms with Gasteiger partial charge in [-0.25, -0.2) is 8.42 Å². The van der Waals surface area contributed by atoms with E-state index in [0.717, 1.165) is 0 Å². The van der Waals surface area contributed by atoms with Crippen LogP contribution in [0.2, 0.25) is 5.02 Å². The summed E-state index contributed by atoms with van der Waals surface area (Å²) < 4.78 is 39.8. The molecule has 7 nitrogen and oxygen atoms in total. The maximum atomic E-state index is 13.1. The minimum atomic E-state index is -4.00. The molecule has 0 unspecified atom stereocenters. The van der Waals surface area contributed by atoms with Crippen molar-refractivity contribution in [3.05, 3.63) is 58.8 Å². The smallest absolute Gasteiger partial charge is 0.291 e. The van der Waals surface area contributed by atoms with Crippen molar-refractivity contribution in [3.8, 4) is 0 Å². The van der Waals surface area contributed by atoms with Gasteiger partial charge in [-0.1, -0.05) is 29.8 Å². The van der Waals surface area contributed by atoms with E-state index in [1.54, 1.807) is 48.2 Å². The fourth-order valence-corrected chi connectivity index (χ4v) is 4.86. The first kappa shape index (κ1) is 19.8. The summed E-state index contributed by atoms with van der Waals surface area (Å²) in [7, 11) is -4.00. The molecule has 3 aromatic rings. The molecule has 1 aromatic heterocycles. The molecule has 0 atom stereocenters. The molecule has 2 heterocycles. The fraction of sp³-hybridized carbons (Fsp3) is 0.250. The SMILES string of the molecule is Cc1c(Cl)cccc1S(=O)(=O)Nc1c(C(=O)N2CCOCC2)oc2ccccc12. The molecule has 4 rings (SSSR count). The van der Waals surface area contributed by atoms with Crippen LogP contribution >= 0.6 is 11.6 Å². The lowest BCUT2D eigenvalue weighted by Gasteiger charge is -2.26. The van der Waals surface area contributed by atoms with Gasteiger partial charge in [-0.05, 0) is 36.8 Å². The molecule has 0 radical (unpaired) electrons. The highest BCUT2D eigenvalue weighted by atomic mass is 35.5. The van der Waals surface area contributed by atoms with Crippen molar-refractivity contribution >= 4 is 44.2 Å². The van der Waals surface area contributed by atoms with Crippen molar-refractivity contribution in [3.63, 3.8) is 0 Å². The topological polar surface area (TPSA) is 88.9 Å². The molecular weight excluding hydrogens is 416 g/mol. The lowest BCUT2D eigenvalue weighted by atomic mass is 10.2. The second-order valence-electron chi connectivity index (χ2n) is 6.68. The fourth-order valence-electron chi connectivity index (χ4n) is 3.28. The lowest BCUT2D eigenvalue weighted by Crippen LogP contribution is -2.40. The van der Waals surface area contributed by atoms with Gasteiger partial charge in [0, 0.05) is 23.5 Å². The zero-order chi connectivity index (χ0) is 20.6. The number of amides is 1. The van der Waals surface area contributed by atoms with Gasteiger partial charge in [0.2, 0.25) is 5.76 Å². The Balaban J connectivity index is 1.80. The first-order chi connectivity index (χ1) is 13.9. The Labute approximate surface area is 173 Å². The molecule has 9 heteroatoms. The highest BCUT2D eigenvalue weighted by Crippen LogP contribution is 2.34. The monoisotopic (exact) mass is 434 g/mol. The van der Waals surface area contributed by atoms with Crippen molar-refractivity contribution in [2.45, 2.75) is 11.8 Å². The number of anilines is 1. The second kappa shape index (κ2) is 7.70. The standard InChI is InChI=1S/C20H19ClN2O5S/c1-13-15(21)6-4-8-17(13)29(25,26)22-18-14-5-2-3-7-16(14)28-19(18)20(24)23-9-11-27-12-10-23/h2-8,22H,9-12H2,1H3. The number of nitrogens with zero attached hydrogens (tertiary/aromatic N) is 1. The van der Waals surface area contributed by atoms with E-state index in [0.29, 0.717) is 47.9 Å². The average molecular weight is 435 g/mol. The summed E-state index contributed by atoms with van der Waals surface area (Å²) in [5.74, 6) is -0.429. The number of furan rings is 1. The first-order valence-corrected chi connectivity index (χ1v) is 10.9.